The Balaban J connectivity index is 1.56. The number of carbonyl (C=O) groups is 4. The number of likely N-dealkylation sites (tertiary alicyclic amines) is 2. The predicted octanol–water partition coefficient (Wildman–Crippen LogP) is 0.140. The van der Waals surface area contributed by atoms with Gasteiger partial charge in [0.15, 0.2) is 11.5 Å². The molecule has 0 radical (unpaired) electrons. The van der Waals surface area contributed by atoms with Gasteiger partial charge in [0.2, 0.25) is 5.91 Å². The molecule has 2 saturated heterocycles. The van der Waals surface area contributed by atoms with Gasteiger partial charge in [0.05, 0.1) is 4.75 Å². The van der Waals surface area contributed by atoms with Crippen LogP contribution >= 0.6 is 0 Å². The maximum Gasteiger partial charge on any atom is 0.409 e. The molecule has 14 heteroatoms. The number of benzene rings is 1. The molecule has 0 saturated carbocycles. The zero-order valence-electron chi connectivity index (χ0n) is 19.7. The summed E-state index contributed by atoms with van der Waals surface area (Å²) in [5.41, 5.74) is 0.153. The topological polar surface area (TPSA) is 197 Å². The second kappa shape index (κ2) is 10.7. The van der Waals surface area contributed by atoms with Gasteiger partial charge in [-0.2, -0.15) is 0 Å². The number of aromatic hydroxyl groups is 2. The molecule has 1 unspecified atom stereocenters. The fourth-order valence-corrected chi connectivity index (χ4v) is 4.87. The SMILES string of the molecule is C[C@@H]1CC(=O)N1[C@@H](C(=O)O)[C@](C)(COC(=O)N1CCC(NC(=O)c2ccc(O)c(O)c2)CC1)S(=O)[O-]. The first-order valence-corrected chi connectivity index (χ1v) is 12.3. The molecule has 0 aromatic heterocycles. The molecule has 1 aromatic rings. The summed E-state index contributed by atoms with van der Waals surface area (Å²) in [6.45, 7) is 2.32. The zero-order valence-corrected chi connectivity index (χ0v) is 20.5. The highest BCUT2D eigenvalue weighted by atomic mass is 32.2. The Labute approximate surface area is 209 Å². The van der Waals surface area contributed by atoms with Crippen LogP contribution in [0.25, 0.3) is 0 Å². The van der Waals surface area contributed by atoms with Crippen molar-refractivity contribution in [3.8, 4) is 11.5 Å². The second-order valence-electron chi connectivity index (χ2n) is 9.14. The number of carboxylic acids is 1. The van der Waals surface area contributed by atoms with Crippen LogP contribution in [0.1, 0.15) is 43.5 Å². The lowest BCUT2D eigenvalue weighted by Gasteiger charge is -2.49. The molecule has 36 heavy (non-hydrogen) atoms. The Morgan fingerprint density at radius 1 is 1.25 bits per heavy atom. The molecule has 0 aliphatic carbocycles. The van der Waals surface area contributed by atoms with E-state index in [2.05, 4.69) is 5.32 Å². The minimum Gasteiger partial charge on any atom is -0.772 e. The third kappa shape index (κ3) is 5.54. The number of carbonyl (C=O) groups excluding carboxylic acids is 3. The van der Waals surface area contributed by atoms with Gasteiger partial charge in [-0.1, -0.05) is 0 Å². The summed E-state index contributed by atoms with van der Waals surface area (Å²) in [5, 5.41) is 31.4. The maximum atomic E-state index is 12.6. The number of phenols is 2. The van der Waals surface area contributed by atoms with E-state index in [1.54, 1.807) is 6.92 Å². The molecule has 4 N–H and O–H groups in total. The predicted molar refractivity (Wildman–Crippen MR) is 123 cm³/mol. The van der Waals surface area contributed by atoms with Crippen molar-refractivity contribution >= 4 is 35.0 Å². The molecule has 0 bridgehead atoms. The number of hydrogen-bond acceptors (Lipinski definition) is 9. The van der Waals surface area contributed by atoms with Crippen molar-refractivity contribution in [1.82, 2.24) is 15.1 Å². The Morgan fingerprint density at radius 3 is 2.39 bits per heavy atom. The zero-order chi connectivity index (χ0) is 26.8. The van der Waals surface area contributed by atoms with Gasteiger partial charge in [0.25, 0.3) is 5.91 Å². The molecule has 3 amide bonds. The van der Waals surface area contributed by atoms with Gasteiger partial charge >= 0.3 is 12.1 Å². The number of aliphatic carboxylic acids is 1. The van der Waals surface area contributed by atoms with Crippen LogP contribution in [0.5, 0.6) is 11.5 Å². The number of rotatable bonds is 8. The molecular weight excluding hydrogens is 498 g/mol. The first kappa shape index (κ1) is 27.2. The summed E-state index contributed by atoms with van der Waals surface area (Å²) < 4.78 is 27.2. The highest BCUT2D eigenvalue weighted by Gasteiger charge is 2.52. The van der Waals surface area contributed by atoms with E-state index in [0.29, 0.717) is 12.8 Å². The summed E-state index contributed by atoms with van der Waals surface area (Å²) in [5.74, 6) is -3.25. The van der Waals surface area contributed by atoms with E-state index in [1.165, 1.54) is 17.0 Å². The third-order valence-corrected chi connectivity index (χ3v) is 7.61. The Bertz CT molecular complexity index is 1070. The van der Waals surface area contributed by atoms with E-state index in [4.69, 9.17) is 4.74 Å². The summed E-state index contributed by atoms with van der Waals surface area (Å²) in [7, 11) is 0. The van der Waals surface area contributed by atoms with E-state index in [1.807, 2.05) is 0 Å². The smallest absolute Gasteiger partial charge is 0.409 e. The number of nitrogens with one attached hydrogen (secondary N) is 1. The van der Waals surface area contributed by atoms with E-state index >= 15 is 0 Å². The van der Waals surface area contributed by atoms with Crippen LogP contribution in [-0.4, -0.2) is 100 Å². The first-order valence-electron chi connectivity index (χ1n) is 11.2. The van der Waals surface area contributed by atoms with Gasteiger partial charge in [-0.3, -0.25) is 13.8 Å². The molecule has 1 aromatic carbocycles. The number of piperidine rings is 1. The molecule has 13 nitrogen and oxygen atoms in total. The summed E-state index contributed by atoms with van der Waals surface area (Å²) in [4.78, 5) is 51.1. The Hall–Kier alpha value is -3.39. The standard InChI is InChI=1S/C22H29N3O10S/c1-12-9-17(28)25(12)18(20(30)31)22(2,36(33)34)11-35-21(32)24-7-5-14(6-8-24)23-19(29)13-3-4-15(26)16(27)10-13/h3-4,10,12,14,18,26-27H,5-9,11H2,1-2H3,(H,23,29)(H,30,31)(H,33,34)/p-1/t12-,18+,22+/m1/s1. The van der Waals surface area contributed by atoms with Crippen LogP contribution in [-0.2, 0) is 25.4 Å². The molecule has 4 atom stereocenters. The number of hydrogen-bond donors (Lipinski definition) is 4. The number of amides is 3. The number of ether oxygens (including phenoxy) is 1. The number of nitrogens with zero attached hydrogens (tertiary/aromatic N) is 2. The molecule has 0 spiro atoms. The van der Waals surface area contributed by atoms with Crippen LogP contribution in [0.3, 0.4) is 0 Å². The van der Waals surface area contributed by atoms with Gasteiger partial charge < -0.3 is 39.7 Å². The van der Waals surface area contributed by atoms with Crippen LogP contribution in [0.4, 0.5) is 4.79 Å². The molecule has 2 aliphatic heterocycles. The minimum atomic E-state index is -2.99. The van der Waals surface area contributed by atoms with Crippen LogP contribution in [0.2, 0.25) is 0 Å². The number of phenolic OH excluding ortho intramolecular Hbond substituents is 2. The van der Waals surface area contributed by atoms with Crippen molar-refractivity contribution in [3.63, 3.8) is 0 Å². The summed E-state index contributed by atoms with van der Waals surface area (Å²) in [6.07, 6.45) is -0.00248. The van der Waals surface area contributed by atoms with E-state index in [-0.39, 0.29) is 36.9 Å². The van der Waals surface area contributed by atoms with E-state index in [9.17, 15) is 43.3 Å². The number of carboxylic acid groups (broad SMARTS) is 1. The average molecular weight is 527 g/mol. The third-order valence-electron chi connectivity index (χ3n) is 6.51. The highest BCUT2D eigenvalue weighted by Crippen LogP contribution is 2.32. The van der Waals surface area contributed by atoms with Crippen molar-refractivity contribution < 1.29 is 48.0 Å². The molecule has 3 rings (SSSR count). The Kier molecular flexibility index (Phi) is 8.09. The van der Waals surface area contributed by atoms with Gasteiger partial charge in [-0.25, -0.2) is 9.59 Å². The fraction of sp³-hybridized carbons (Fsp3) is 0.545. The van der Waals surface area contributed by atoms with Gasteiger partial charge in [0, 0.05) is 37.2 Å². The van der Waals surface area contributed by atoms with Crippen molar-refractivity contribution in [2.75, 3.05) is 19.7 Å². The average Bonchev–Trinajstić information content (AvgIpc) is 2.82. The quantitative estimate of drug-likeness (QED) is 0.205. The van der Waals surface area contributed by atoms with Crippen molar-refractivity contribution in [3.05, 3.63) is 23.8 Å². The lowest BCUT2D eigenvalue weighted by atomic mass is 9.92. The molecule has 2 aliphatic rings. The van der Waals surface area contributed by atoms with Crippen molar-refractivity contribution in [2.24, 2.45) is 0 Å². The monoisotopic (exact) mass is 526 g/mol. The summed E-state index contributed by atoms with van der Waals surface area (Å²) >= 11 is -2.99. The van der Waals surface area contributed by atoms with Gasteiger partial charge in [-0.15, -0.1) is 0 Å². The van der Waals surface area contributed by atoms with Crippen LogP contribution < -0.4 is 5.32 Å². The van der Waals surface area contributed by atoms with E-state index in [0.717, 1.165) is 17.9 Å². The van der Waals surface area contributed by atoms with E-state index < -0.39 is 64.1 Å². The highest BCUT2D eigenvalue weighted by molar-refractivity contribution is 7.80. The lowest BCUT2D eigenvalue weighted by molar-refractivity contribution is -0.163. The normalized spacial score (nSPS) is 21.6. The van der Waals surface area contributed by atoms with Crippen molar-refractivity contribution in [2.45, 2.75) is 56.0 Å². The maximum absolute atomic E-state index is 12.6. The molecule has 2 fully saturated rings. The molecular formula is C22H28N3O10S-. The van der Waals surface area contributed by atoms with Gasteiger partial charge in [0.1, 0.15) is 12.6 Å². The fourth-order valence-electron chi connectivity index (χ4n) is 4.32. The molecule has 2 heterocycles. The largest absolute Gasteiger partial charge is 0.772 e. The first-order chi connectivity index (χ1) is 16.8. The Morgan fingerprint density at radius 2 is 1.89 bits per heavy atom. The van der Waals surface area contributed by atoms with Crippen LogP contribution in [0, 0.1) is 0 Å². The minimum absolute atomic E-state index is 0.102. The number of β-lactam (4-membered cyclic amide) rings is 1. The van der Waals surface area contributed by atoms with Crippen molar-refractivity contribution in [1.29, 1.82) is 0 Å². The second-order valence-corrected chi connectivity index (χ2v) is 10.5. The summed E-state index contributed by atoms with van der Waals surface area (Å²) in [6, 6.07) is 1.21. The van der Waals surface area contributed by atoms with Crippen LogP contribution in [0.15, 0.2) is 18.2 Å². The van der Waals surface area contributed by atoms with Gasteiger partial charge in [-0.05, 0) is 56.0 Å². The molecule has 198 valence electrons. The lowest BCUT2D eigenvalue weighted by Crippen LogP contribution is -2.68.